The number of sulfonamides is 1. The van der Waals surface area contributed by atoms with Gasteiger partial charge in [-0.1, -0.05) is 6.42 Å². The molecular weight excluding hydrogens is 281 g/mol. The molecule has 5 nitrogen and oxygen atoms in total. The Morgan fingerprint density at radius 2 is 2.20 bits per heavy atom. The van der Waals surface area contributed by atoms with Crippen LogP contribution in [0.3, 0.4) is 0 Å². The van der Waals surface area contributed by atoms with Crippen molar-refractivity contribution in [3.63, 3.8) is 0 Å². The van der Waals surface area contributed by atoms with Gasteiger partial charge in [-0.15, -0.1) is 0 Å². The fourth-order valence-electron chi connectivity index (χ4n) is 2.41. The first-order chi connectivity index (χ1) is 9.50. The molecule has 20 heavy (non-hydrogen) atoms. The van der Waals surface area contributed by atoms with Crippen LogP contribution in [0.15, 0.2) is 23.1 Å². The Morgan fingerprint density at radius 3 is 2.85 bits per heavy atom. The molecule has 1 fully saturated rings. The molecule has 1 aromatic rings. The van der Waals surface area contributed by atoms with Crippen molar-refractivity contribution in [3.8, 4) is 6.07 Å². The zero-order chi connectivity index (χ0) is 14.8. The van der Waals surface area contributed by atoms with E-state index < -0.39 is 15.8 Å². The summed E-state index contributed by atoms with van der Waals surface area (Å²) in [6.07, 6.45) is 2.45. The van der Waals surface area contributed by atoms with Crippen molar-refractivity contribution in [2.45, 2.75) is 30.2 Å². The van der Waals surface area contributed by atoms with Crippen LogP contribution in [0.25, 0.3) is 0 Å². The van der Waals surface area contributed by atoms with E-state index in [0.29, 0.717) is 6.54 Å². The molecule has 108 valence electrons. The fraction of sp³-hybridized carbons (Fsp3) is 0.462. The molecule has 0 radical (unpaired) electrons. The van der Waals surface area contributed by atoms with Gasteiger partial charge in [0.2, 0.25) is 10.0 Å². The molecule has 0 spiro atoms. The van der Waals surface area contributed by atoms with Gasteiger partial charge in [0.15, 0.2) is 0 Å². The lowest BCUT2D eigenvalue weighted by Gasteiger charge is -2.33. The normalized spacial score (nSPS) is 20.6. The first-order valence-electron chi connectivity index (χ1n) is 6.42. The first-order valence-corrected chi connectivity index (χ1v) is 7.86. The van der Waals surface area contributed by atoms with Crippen molar-refractivity contribution >= 4 is 10.0 Å². The Bertz CT molecular complexity index is 640. The summed E-state index contributed by atoms with van der Waals surface area (Å²) in [7, 11) is -3.74. The van der Waals surface area contributed by atoms with Crippen LogP contribution in [0, 0.1) is 17.1 Å². The lowest BCUT2D eigenvalue weighted by atomic mass is 10.1. The highest BCUT2D eigenvalue weighted by Gasteiger charge is 2.33. The largest absolute Gasteiger partial charge is 0.329 e. The molecule has 0 aliphatic carbocycles. The van der Waals surface area contributed by atoms with Gasteiger partial charge in [0.05, 0.1) is 10.5 Å². The van der Waals surface area contributed by atoms with Gasteiger partial charge < -0.3 is 5.73 Å². The Kier molecular flexibility index (Phi) is 4.38. The van der Waals surface area contributed by atoms with E-state index in [9.17, 15) is 12.8 Å². The maximum Gasteiger partial charge on any atom is 0.243 e. The minimum absolute atomic E-state index is 0.0594. The van der Waals surface area contributed by atoms with E-state index in [1.54, 1.807) is 6.07 Å². The van der Waals surface area contributed by atoms with Crippen molar-refractivity contribution in [2.24, 2.45) is 5.73 Å². The predicted octanol–water partition coefficient (Wildman–Crippen LogP) is 1.20. The van der Waals surface area contributed by atoms with E-state index in [2.05, 4.69) is 0 Å². The second-order valence-corrected chi connectivity index (χ2v) is 6.65. The number of halogens is 1. The molecule has 0 bridgehead atoms. The number of hydrogen-bond acceptors (Lipinski definition) is 4. The molecule has 1 heterocycles. The standard InChI is InChI=1S/C13H16FN3O2S/c14-13-5-4-12(7-10(13)8-15)20(18,19)17-6-2-1-3-11(17)9-16/h4-5,7,11H,1-3,6,9,16H2. The summed E-state index contributed by atoms with van der Waals surface area (Å²) in [6, 6.07) is 4.69. The van der Waals surface area contributed by atoms with E-state index in [-0.39, 0.29) is 23.0 Å². The zero-order valence-electron chi connectivity index (χ0n) is 10.9. The molecule has 1 unspecified atom stereocenters. The van der Waals surface area contributed by atoms with Crippen molar-refractivity contribution in [1.82, 2.24) is 4.31 Å². The zero-order valence-corrected chi connectivity index (χ0v) is 11.7. The quantitative estimate of drug-likeness (QED) is 0.908. The van der Waals surface area contributed by atoms with Crippen LogP contribution in [-0.4, -0.2) is 31.9 Å². The number of nitrogens with two attached hydrogens (primary N) is 1. The summed E-state index contributed by atoms with van der Waals surface area (Å²) in [6.45, 7) is 0.662. The van der Waals surface area contributed by atoms with E-state index in [4.69, 9.17) is 11.0 Å². The molecule has 0 saturated carbocycles. The summed E-state index contributed by atoms with van der Waals surface area (Å²) in [4.78, 5) is -0.0594. The highest BCUT2D eigenvalue weighted by Crippen LogP contribution is 2.25. The molecular formula is C13H16FN3O2S. The van der Waals surface area contributed by atoms with Gasteiger partial charge in [-0.05, 0) is 31.0 Å². The van der Waals surface area contributed by atoms with Crippen LogP contribution in [0.4, 0.5) is 4.39 Å². The van der Waals surface area contributed by atoms with Crippen LogP contribution < -0.4 is 5.73 Å². The van der Waals surface area contributed by atoms with E-state index in [1.807, 2.05) is 0 Å². The van der Waals surface area contributed by atoms with Crippen molar-refractivity contribution in [3.05, 3.63) is 29.6 Å². The third-order valence-electron chi connectivity index (χ3n) is 3.51. The smallest absolute Gasteiger partial charge is 0.243 e. The summed E-state index contributed by atoms with van der Waals surface area (Å²) < 4.78 is 39.8. The minimum atomic E-state index is -3.74. The van der Waals surface area contributed by atoms with E-state index in [0.717, 1.165) is 31.4 Å². The molecule has 2 rings (SSSR count). The predicted molar refractivity (Wildman–Crippen MR) is 71.7 cm³/mol. The second-order valence-electron chi connectivity index (χ2n) is 4.75. The van der Waals surface area contributed by atoms with Crippen molar-refractivity contribution < 1.29 is 12.8 Å². The SMILES string of the molecule is N#Cc1cc(S(=O)(=O)N2CCCCC2CN)ccc1F. The Balaban J connectivity index is 2.42. The van der Waals surface area contributed by atoms with Crippen LogP contribution in [0.2, 0.25) is 0 Å². The molecule has 2 N–H and O–H groups in total. The maximum atomic E-state index is 13.3. The topological polar surface area (TPSA) is 87.2 Å². The van der Waals surface area contributed by atoms with Crippen LogP contribution in [0.5, 0.6) is 0 Å². The molecule has 1 aliphatic rings. The average Bonchev–Trinajstić information content (AvgIpc) is 2.47. The summed E-state index contributed by atoms with van der Waals surface area (Å²) in [5.41, 5.74) is 5.36. The number of benzene rings is 1. The lowest BCUT2D eigenvalue weighted by Crippen LogP contribution is -2.47. The molecule has 1 aliphatic heterocycles. The van der Waals surface area contributed by atoms with Gasteiger partial charge in [0.1, 0.15) is 11.9 Å². The van der Waals surface area contributed by atoms with Crippen molar-refractivity contribution in [1.29, 1.82) is 5.26 Å². The van der Waals surface area contributed by atoms with Crippen LogP contribution in [-0.2, 0) is 10.0 Å². The average molecular weight is 297 g/mol. The van der Waals surface area contributed by atoms with Gasteiger partial charge in [-0.3, -0.25) is 0 Å². The summed E-state index contributed by atoms with van der Waals surface area (Å²) in [5, 5.41) is 8.80. The van der Waals surface area contributed by atoms with Gasteiger partial charge in [-0.25, -0.2) is 12.8 Å². The Morgan fingerprint density at radius 1 is 1.45 bits per heavy atom. The minimum Gasteiger partial charge on any atom is -0.329 e. The second kappa shape index (κ2) is 5.87. The highest BCUT2D eigenvalue weighted by atomic mass is 32.2. The van der Waals surface area contributed by atoms with E-state index >= 15 is 0 Å². The third-order valence-corrected chi connectivity index (χ3v) is 5.46. The number of rotatable bonds is 3. The molecule has 1 saturated heterocycles. The van der Waals surface area contributed by atoms with Gasteiger partial charge in [-0.2, -0.15) is 9.57 Å². The number of nitrogens with zero attached hydrogens (tertiary/aromatic N) is 2. The number of piperidine rings is 1. The van der Waals surface area contributed by atoms with Gasteiger partial charge in [0, 0.05) is 19.1 Å². The van der Waals surface area contributed by atoms with E-state index in [1.165, 1.54) is 10.4 Å². The molecule has 0 aromatic heterocycles. The van der Waals surface area contributed by atoms with Gasteiger partial charge in [0.25, 0.3) is 0 Å². The monoisotopic (exact) mass is 297 g/mol. The fourth-order valence-corrected chi connectivity index (χ4v) is 4.14. The summed E-state index contributed by atoms with van der Waals surface area (Å²) in [5.74, 6) is -0.722. The molecule has 0 amide bonds. The van der Waals surface area contributed by atoms with Crippen molar-refractivity contribution in [2.75, 3.05) is 13.1 Å². The van der Waals surface area contributed by atoms with Gasteiger partial charge >= 0.3 is 0 Å². The third kappa shape index (κ3) is 2.68. The lowest BCUT2D eigenvalue weighted by molar-refractivity contribution is 0.257. The Labute approximate surface area is 117 Å². The Hall–Kier alpha value is -1.49. The maximum absolute atomic E-state index is 13.3. The van der Waals surface area contributed by atoms with Crippen LogP contribution >= 0.6 is 0 Å². The molecule has 1 atom stereocenters. The summed E-state index contributed by atoms with van der Waals surface area (Å²) >= 11 is 0. The molecule has 7 heteroatoms. The molecule has 1 aromatic carbocycles. The van der Waals surface area contributed by atoms with Crippen LogP contribution in [0.1, 0.15) is 24.8 Å². The first kappa shape index (κ1) is 14.9. The highest BCUT2D eigenvalue weighted by molar-refractivity contribution is 7.89. The number of hydrogen-bond donors (Lipinski definition) is 1. The number of nitriles is 1.